The Kier molecular flexibility index (Phi) is 7.65. The van der Waals surface area contributed by atoms with Crippen LogP contribution in [-0.2, 0) is 4.79 Å². The van der Waals surface area contributed by atoms with E-state index in [1.165, 1.54) is 0 Å². The number of nitrogens with zero attached hydrogens (tertiary/aromatic N) is 1. The molecule has 1 fully saturated rings. The number of benzene rings is 1. The van der Waals surface area contributed by atoms with Gasteiger partial charge in [-0.05, 0) is 63.8 Å². The molecule has 3 unspecified atom stereocenters. The standard InChI is InChI=1S/C17H25ClN2O2.ClH/c1-11-10-14(7-8-15(11)18)22-13(3)17(21)20-9-5-4-6-16(20)12(2)19;/h7-8,10,12-13,16H,4-6,9,19H2,1-3H3;1H. The second-order valence-electron chi connectivity index (χ2n) is 6.12. The Labute approximate surface area is 149 Å². The fourth-order valence-electron chi connectivity index (χ4n) is 2.96. The second-order valence-corrected chi connectivity index (χ2v) is 6.53. The van der Waals surface area contributed by atoms with Crippen molar-refractivity contribution in [2.45, 2.75) is 58.2 Å². The van der Waals surface area contributed by atoms with Gasteiger partial charge in [0.05, 0.1) is 0 Å². The van der Waals surface area contributed by atoms with Crippen molar-refractivity contribution >= 4 is 29.9 Å². The molecular formula is C17H26Cl2N2O2. The van der Waals surface area contributed by atoms with Gasteiger partial charge in [-0.2, -0.15) is 0 Å². The first kappa shape index (κ1) is 20.1. The van der Waals surface area contributed by atoms with E-state index in [0.717, 1.165) is 31.4 Å². The Bertz CT molecular complexity index is 537. The topological polar surface area (TPSA) is 55.6 Å². The van der Waals surface area contributed by atoms with Crippen molar-refractivity contribution in [1.29, 1.82) is 0 Å². The van der Waals surface area contributed by atoms with E-state index in [9.17, 15) is 4.79 Å². The number of amides is 1. The number of ether oxygens (including phenoxy) is 1. The molecule has 0 radical (unpaired) electrons. The van der Waals surface area contributed by atoms with Crippen LogP contribution in [0.4, 0.5) is 0 Å². The summed E-state index contributed by atoms with van der Waals surface area (Å²) in [7, 11) is 0. The highest BCUT2D eigenvalue weighted by Gasteiger charge is 2.32. The first-order valence-corrected chi connectivity index (χ1v) is 8.27. The zero-order valence-corrected chi connectivity index (χ0v) is 15.5. The van der Waals surface area contributed by atoms with Crippen LogP contribution in [-0.4, -0.2) is 35.5 Å². The first-order chi connectivity index (χ1) is 10.4. The fraction of sp³-hybridized carbons (Fsp3) is 0.588. The van der Waals surface area contributed by atoms with Crippen LogP contribution in [0.5, 0.6) is 5.75 Å². The SMILES string of the molecule is Cc1cc(OC(C)C(=O)N2CCCCC2C(C)N)ccc1Cl.Cl. The molecular weight excluding hydrogens is 335 g/mol. The van der Waals surface area contributed by atoms with E-state index >= 15 is 0 Å². The second kappa shape index (κ2) is 8.76. The summed E-state index contributed by atoms with van der Waals surface area (Å²) in [4.78, 5) is 14.6. The van der Waals surface area contributed by atoms with Crippen molar-refractivity contribution in [3.8, 4) is 5.75 Å². The van der Waals surface area contributed by atoms with Crippen LogP contribution in [0, 0.1) is 6.92 Å². The van der Waals surface area contributed by atoms with Gasteiger partial charge in [0.25, 0.3) is 5.91 Å². The average Bonchev–Trinajstić information content (AvgIpc) is 2.50. The summed E-state index contributed by atoms with van der Waals surface area (Å²) in [5, 5.41) is 0.694. The number of piperidine rings is 1. The van der Waals surface area contributed by atoms with Crippen LogP contribution in [0.3, 0.4) is 0 Å². The van der Waals surface area contributed by atoms with Gasteiger partial charge in [-0.15, -0.1) is 12.4 Å². The Morgan fingerprint density at radius 3 is 2.70 bits per heavy atom. The third-order valence-electron chi connectivity index (χ3n) is 4.23. The van der Waals surface area contributed by atoms with Crippen molar-refractivity contribution in [2.75, 3.05) is 6.54 Å². The van der Waals surface area contributed by atoms with Crippen LogP contribution < -0.4 is 10.5 Å². The zero-order chi connectivity index (χ0) is 16.3. The van der Waals surface area contributed by atoms with Crippen molar-refractivity contribution < 1.29 is 9.53 Å². The molecule has 0 saturated carbocycles. The lowest BCUT2D eigenvalue weighted by Crippen LogP contribution is -2.54. The normalized spacial score (nSPS) is 20.4. The molecule has 3 atom stereocenters. The lowest BCUT2D eigenvalue weighted by Gasteiger charge is -2.39. The highest BCUT2D eigenvalue weighted by atomic mass is 35.5. The van der Waals surface area contributed by atoms with Crippen LogP contribution in [0.15, 0.2) is 18.2 Å². The predicted octanol–water partition coefficient (Wildman–Crippen LogP) is 3.57. The molecule has 0 aromatic heterocycles. The monoisotopic (exact) mass is 360 g/mol. The van der Waals surface area contributed by atoms with Gasteiger partial charge in [-0.1, -0.05) is 11.6 Å². The molecule has 2 N–H and O–H groups in total. The Morgan fingerprint density at radius 1 is 1.39 bits per heavy atom. The third-order valence-corrected chi connectivity index (χ3v) is 4.65. The molecule has 1 aliphatic rings. The van der Waals surface area contributed by atoms with Gasteiger partial charge in [-0.25, -0.2) is 0 Å². The third kappa shape index (κ3) is 5.00. The maximum Gasteiger partial charge on any atom is 0.263 e. The predicted molar refractivity (Wildman–Crippen MR) is 96.5 cm³/mol. The molecule has 6 heteroatoms. The number of halogens is 2. The minimum Gasteiger partial charge on any atom is -0.481 e. The summed E-state index contributed by atoms with van der Waals surface area (Å²) >= 11 is 6.01. The van der Waals surface area contributed by atoms with Gasteiger partial charge >= 0.3 is 0 Å². The van der Waals surface area contributed by atoms with Crippen molar-refractivity contribution in [2.24, 2.45) is 5.73 Å². The van der Waals surface area contributed by atoms with Crippen LogP contribution in [0.25, 0.3) is 0 Å². The van der Waals surface area contributed by atoms with Crippen molar-refractivity contribution in [1.82, 2.24) is 4.90 Å². The summed E-state index contributed by atoms with van der Waals surface area (Å²) in [6.07, 6.45) is 2.60. The van der Waals surface area contributed by atoms with Gasteiger partial charge in [0.15, 0.2) is 6.10 Å². The number of carbonyl (C=O) groups excluding carboxylic acids is 1. The number of rotatable bonds is 4. The number of carbonyl (C=O) groups is 1. The smallest absolute Gasteiger partial charge is 0.263 e. The summed E-state index contributed by atoms with van der Waals surface area (Å²) < 4.78 is 5.80. The maximum absolute atomic E-state index is 12.7. The molecule has 0 aliphatic carbocycles. The van der Waals surface area contributed by atoms with Crippen molar-refractivity contribution in [3.05, 3.63) is 28.8 Å². The first-order valence-electron chi connectivity index (χ1n) is 7.89. The molecule has 1 aromatic carbocycles. The van der Waals surface area contributed by atoms with E-state index in [4.69, 9.17) is 22.1 Å². The molecule has 4 nitrogen and oxygen atoms in total. The summed E-state index contributed by atoms with van der Waals surface area (Å²) in [5.74, 6) is 0.673. The number of hydrogen-bond acceptors (Lipinski definition) is 3. The Morgan fingerprint density at radius 2 is 2.09 bits per heavy atom. The number of hydrogen-bond donors (Lipinski definition) is 1. The fourth-order valence-corrected chi connectivity index (χ4v) is 3.07. The number of likely N-dealkylation sites (tertiary alicyclic amines) is 1. The Balaban J connectivity index is 0.00000264. The average molecular weight is 361 g/mol. The molecule has 130 valence electrons. The Hall–Kier alpha value is -0.970. The van der Waals surface area contributed by atoms with Crippen LogP contribution >= 0.6 is 24.0 Å². The quantitative estimate of drug-likeness (QED) is 0.892. The molecule has 1 saturated heterocycles. The molecule has 2 rings (SSSR count). The molecule has 0 bridgehead atoms. The summed E-state index contributed by atoms with van der Waals surface area (Å²) in [6.45, 7) is 6.43. The van der Waals surface area contributed by atoms with E-state index < -0.39 is 6.10 Å². The zero-order valence-electron chi connectivity index (χ0n) is 13.9. The molecule has 1 aromatic rings. The lowest BCUT2D eigenvalue weighted by atomic mass is 9.96. The number of nitrogens with two attached hydrogens (primary N) is 1. The molecule has 1 amide bonds. The largest absolute Gasteiger partial charge is 0.481 e. The molecule has 1 heterocycles. The molecule has 1 aliphatic heterocycles. The van der Waals surface area contributed by atoms with Crippen LogP contribution in [0.2, 0.25) is 5.02 Å². The van der Waals surface area contributed by atoms with Gasteiger partial charge in [0, 0.05) is 23.7 Å². The highest BCUT2D eigenvalue weighted by Crippen LogP contribution is 2.24. The molecule has 0 spiro atoms. The summed E-state index contributed by atoms with van der Waals surface area (Å²) in [5.41, 5.74) is 6.97. The van der Waals surface area contributed by atoms with E-state index in [2.05, 4.69) is 0 Å². The van der Waals surface area contributed by atoms with E-state index in [0.29, 0.717) is 10.8 Å². The van der Waals surface area contributed by atoms with Gasteiger partial charge in [0.2, 0.25) is 0 Å². The van der Waals surface area contributed by atoms with Gasteiger partial charge < -0.3 is 15.4 Å². The molecule has 23 heavy (non-hydrogen) atoms. The highest BCUT2D eigenvalue weighted by molar-refractivity contribution is 6.31. The minimum atomic E-state index is -0.528. The lowest BCUT2D eigenvalue weighted by molar-refractivity contribution is -0.142. The summed E-state index contributed by atoms with van der Waals surface area (Å²) in [6, 6.07) is 5.52. The minimum absolute atomic E-state index is 0. The van der Waals surface area contributed by atoms with E-state index in [1.54, 1.807) is 19.1 Å². The van der Waals surface area contributed by atoms with Gasteiger partial charge in [0.1, 0.15) is 5.75 Å². The van der Waals surface area contributed by atoms with Crippen molar-refractivity contribution in [3.63, 3.8) is 0 Å². The van der Waals surface area contributed by atoms with E-state index in [1.807, 2.05) is 24.8 Å². The van der Waals surface area contributed by atoms with Crippen LogP contribution in [0.1, 0.15) is 38.7 Å². The van der Waals surface area contributed by atoms with Gasteiger partial charge in [-0.3, -0.25) is 4.79 Å². The number of aryl methyl sites for hydroxylation is 1. The maximum atomic E-state index is 12.7. The van der Waals surface area contributed by atoms with E-state index in [-0.39, 0.29) is 30.4 Å².